The number of anilines is 2. The van der Waals surface area contributed by atoms with Crippen molar-refractivity contribution in [2.24, 2.45) is 0 Å². The van der Waals surface area contributed by atoms with Crippen LogP contribution in [-0.4, -0.2) is 45.1 Å². The first kappa shape index (κ1) is 16.7. The van der Waals surface area contributed by atoms with E-state index in [-0.39, 0.29) is 18.4 Å². The fourth-order valence-electron chi connectivity index (χ4n) is 2.74. The van der Waals surface area contributed by atoms with Gasteiger partial charge in [-0.2, -0.15) is 5.10 Å². The Bertz CT molecular complexity index is 984. The molecule has 9 nitrogen and oxygen atoms in total. The Labute approximate surface area is 154 Å². The second kappa shape index (κ2) is 7.24. The number of carbonyl (C=O) groups is 2. The molecule has 0 saturated heterocycles. The molecule has 27 heavy (non-hydrogen) atoms. The quantitative estimate of drug-likeness (QED) is 0.540. The molecule has 3 aromatic rings. The predicted molar refractivity (Wildman–Crippen MR) is 99.2 cm³/mol. The molecule has 0 spiro atoms. The van der Waals surface area contributed by atoms with E-state index in [1.54, 1.807) is 30.6 Å². The van der Waals surface area contributed by atoms with Gasteiger partial charge in [0.1, 0.15) is 5.82 Å². The molecular weight excluding hydrogens is 346 g/mol. The lowest BCUT2D eigenvalue weighted by molar-refractivity contribution is -0.114. The van der Waals surface area contributed by atoms with Crippen molar-refractivity contribution in [2.45, 2.75) is 6.42 Å². The third-order valence-electron chi connectivity index (χ3n) is 4.09. The minimum absolute atomic E-state index is 0.130. The molecule has 9 heteroatoms. The number of aromatic amines is 1. The Morgan fingerprint density at radius 3 is 3.00 bits per heavy atom. The highest BCUT2D eigenvalue weighted by molar-refractivity contribution is 6.03. The van der Waals surface area contributed by atoms with E-state index in [1.807, 2.05) is 12.1 Å². The van der Waals surface area contributed by atoms with Crippen molar-refractivity contribution >= 4 is 23.2 Å². The monoisotopic (exact) mass is 363 g/mol. The van der Waals surface area contributed by atoms with Crippen LogP contribution in [0.25, 0.3) is 11.4 Å². The van der Waals surface area contributed by atoms with E-state index < -0.39 is 0 Å². The number of rotatable bonds is 5. The van der Waals surface area contributed by atoms with E-state index in [0.717, 1.165) is 11.3 Å². The van der Waals surface area contributed by atoms with Crippen molar-refractivity contribution in [1.82, 2.24) is 25.5 Å². The number of fused-ring (bicyclic) bond motifs is 1. The molecule has 2 aromatic heterocycles. The molecule has 0 aliphatic carbocycles. The fraction of sp³-hybridized carbons (Fsp3) is 0.167. The maximum absolute atomic E-state index is 12.3. The molecule has 0 saturated carbocycles. The van der Waals surface area contributed by atoms with Gasteiger partial charge in [-0.15, -0.1) is 0 Å². The SMILES string of the molecule is O=C1CNc2ccc(C(=O)NCCc3nc(-c4cccnc4)n[nH]3)cc2N1. The summed E-state index contributed by atoms with van der Waals surface area (Å²) < 4.78 is 0. The number of carbonyl (C=O) groups excluding carboxylic acids is 2. The standard InChI is InChI=1S/C18H17N7O2/c26-16-10-21-13-4-3-11(8-14(13)22-16)18(27)20-7-5-15-23-17(25-24-15)12-2-1-6-19-9-12/h1-4,6,8-9,21H,5,7,10H2,(H,20,27)(H,22,26)(H,23,24,25). The van der Waals surface area contributed by atoms with Gasteiger partial charge in [0.15, 0.2) is 5.82 Å². The number of H-pyrrole nitrogens is 1. The summed E-state index contributed by atoms with van der Waals surface area (Å²) in [6.07, 6.45) is 3.90. The van der Waals surface area contributed by atoms with Gasteiger partial charge in [-0.25, -0.2) is 4.98 Å². The van der Waals surface area contributed by atoms with Crippen molar-refractivity contribution in [2.75, 3.05) is 23.7 Å². The number of nitrogens with one attached hydrogen (secondary N) is 4. The Morgan fingerprint density at radius 1 is 1.22 bits per heavy atom. The second-order valence-corrected chi connectivity index (χ2v) is 6.02. The lowest BCUT2D eigenvalue weighted by atomic mass is 10.1. The number of amides is 2. The van der Waals surface area contributed by atoms with Crippen LogP contribution in [0.5, 0.6) is 0 Å². The molecule has 0 fully saturated rings. The summed E-state index contributed by atoms with van der Waals surface area (Å²) in [6.45, 7) is 0.638. The molecule has 4 N–H and O–H groups in total. The molecule has 136 valence electrons. The molecule has 4 rings (SSSR count). The van der Waals surface area contributed by atoms with E-state index in [2.05, 4.69) is 36.1 Å². The van der Waals surface area contributed by atoms with Gasteiger partial charge in [-0.3, -0.25) is 19.7 Å². The summed E-state index contributed by atoms with van der Waals surface area (Å²) in [5, 5.41) is 15.6. The number of pyridine rings is 1. The van der Waals surface area contributed by atoms with Gasteiger partial charge in [0.05, 0.1) is 17.9 Å². The molecule has 1 aliphatic rings. The van der Waals surface area contributed by atoms with E-state index in [0.29, 0.717) is 35.9 Å². The van der Waals surface area contributed by atoms with Crippen molar-refractivity contribution < 1.29 is 9.59 Å². The van der Waals surface area contributed by atoms with Gasteiger partial charge in [-0.1, -0.05) is 0 Å². The van der Waals surface area contributed by atoms with Gasteiger partial charge in [-0.05, 0) is 30.3 Å². The highest BCUT2D eigenvalue weighted by atomic mass is 16.2. The largest absolute Gasteiger partial charge is 0.374 e. The zero-order valence-corrected chi connectivity index (χ0v) is 14.3. The molecular formula is C18H17N7O2. The average molecular weight is 363 g/mol. The molecule has 2 amide bonds. The zero-order chi connectivity index (χ0) is 18.6. The summed E-state index contributed by atoms with van der Waals surface area (Å²) in [7, 11) is 0. The topological polar surface area (TPSA) is 125 Å². The van der Waals surface area contributed by atoms with Crippen molar-refractivity contribution in [1.29, 1.82) is 0 Å². The van der Waals surface area contributed by atoms with Crippen LogP contribution in [0.4, 0.5) is 11.4 Å². The molecule has 1 aromatic carbocycles. The second-order valence-electron chi connectivity index (χ2n) is 6.02. The van der Waals surface area contributed by atoms with Crippen LogP contribution < -0.4 is 16.0 Å². The molecule has 3 heterocycles. The first-order valence-electron chi connectivity index (χ1n) is 8.47. The molecule has 0 radical (unpaired) electrons. The minimum Gasteiger partial charge on any atom is -0.374 e. The maximum atomic E-state index is 12.3. The normalized spacial score (nSPS) is 12.7. The van der Waals surface area contributed by atoms with Crippen LogP contribution >= 0.6 is 0 Å². The minimum atomic E-state index is -0.218. The molecule has 0 unspecified atom stereocenters. The van der Waals surface area contributed by atoms with E-state index >= 15 is 0 Å². The summed E-state index contributed by atoms with van der Waals surface area (Å²) in [5.41, 5.74) is 2.71. The highest BCUT2D eigenvalue weighted by Gasteiger charge is 2.16. The number of aromatic nitrogens is 4. The zero-order valence-electron chi connectivity index (χ0n) is 14.3. The smallest absolute Gasteiger partial charge is 0.251 e. The van der Waals surface area contributed by atoms with Crippen LogP contribution in [0, 0.1) is 0 Å². The van der Waals surface area contributed by atoms with Crippen LogP contribution in [0.1, 0.15) is 16.2 Å². The highest BCUT2D eigenvalue weighted by Crippen LogP contribution is 2.25. The van der Waals surface area contributed by atoms with Gasteiger partial charge < -0.3 is 16.0 Å². The van der Waals surface area contributed by atoms with Gasteiger partial charge in [0, 0.05) is 36.5 Å². The first-order chi connectivity index (χ1) is 13.2. The number of hydrogen-bond acceptors (Lipinski definition) is 6. The molecule has 0 bridgehead atoms. The lowest BCUT2D eigenvalue weighted by Crippen LogP contribution is -2.29. The van der Waals surface area contributed by atoms with Gasteiger partial charge >= 0.3 is 0 Å². The van der Waals surface area contributed by atoms with E-state index in [4.69, 9.17) is 0 Å². The third-order valence-corrected chi connectivity index (χ3v) is 4.09. The van der Waals surface area contributed by atoms with Crippen LogP contribution in [-0.2, 0) is 11.2 Å². The van der Waals surface area contributed by atoms with Gasteiger partial charge in [0.25, 0.3) is 5.91 Å². The van der Waals surface area contributed by atoms with E-state index in [9.17, 15) is 9.59 Å². The van der Waals surface area contributed by atoms with Crippen molar-refractivity contribution in [3.63, 3.8) is 0 Å². The maximum Gasteiger partial charge on any atom is 0.251 e. The number of benzene rings is 1. The lowest BCUT2D eigenvalue weighted by Gasteiger charge is -2.19. The molecule has 1 aliphatic heterocycles. The van der Waals surface area contributed by atoms with E-state index in [1.165, 1.54) is 0 Å². The Morgan fingerprint density at radius 2 is 2.15 bits per heavy atom. The Balaban J connectivity index is 1.34. The fourth-order valence-corrected chi connectivity index (χ4v) is 2.74. The van der Waals surface area contributed by atoms with Crippen LogP contribution in [0.2, 0.25) is 0 Å². The summed E-state index contributed by atoms with van der Waals surface area (Å²) in [5.74, 6) is 0.901. The summed E-state index contributed by atoms with van der Waals surface area (Å²) in [6, 6.07) is 8.85. The van der Waals surface area contributed by atoms with Crippen molar-refractivity contribution in [3.05, 3.63) is 54.1 Å². The number of hydrogen-bond donors (Lipinski definition) is 4. The first-order valence-corrected chi connectivity index (χ1v) is 8.47. The molecule has 0 atom stereocenters. The Hall–Kier alpha value is -3.75. The summed E-state index contributed by atoms with van der Waals surface area (Å²) >= 11 is 0. The third kappa shape index (κ3) is 3.76. The van der Waals surface area contributed by atoms with Gasteiger partial charge in [0.2, 0.25) is 5.91 Å². The Kier molecular flexibility index (Phi) is 4.48. The number of nitrogens with zero attached hydrogens (tertiary/aromatic N) is 3. The van der Waals surface area contributed by atoms with Crippen molar-refractivity contribution in [3.8, 4) is 11.4 Å². The average Bonchev–Trinajstić information content (AvgIpc) is 3.17. The summed E-state index contributed by atoms with van der Waals surface area (Å²) in [4.78, 5) is 32.2. The predicted octanol–water partition coefficient (Wildman–Crippen LogP) is 1.20. The van der Waals surface area contributed by atoms with Crippen LogP contribution in [0.15, 0.2) is 42.7 Å². The van der Waals surface area contributed by atoms with Crippen LogP contribution in [0.3, 0.4) is 0 Å².